The summed E-state index contributed by atoms with van der Waals surface area (Å²) in [6.07, 6.45) is 0. The molecule has 4 rings (SSSR count). The summed E-state index contributed by atoms with van der Waals surface area (Å²) >= 11 is 1.29. The number of carbonyl (C=O) groups is 4. The molecule has 208 valence electrons. The summed E-state index contributed by atoms with van der Waals surface area (Å²) in [6.45, 7) is 4.74. The molecule has 0 spiro atoms. The first-order valence-corrected chi connectivity index (χ1v) is 14.5. The van der Waals surface area contributed by atoms with Gasteiger partial charge in [-0.25, -0.2) is 13.2 Å². The van der Waals surface area contributed by atoms with E-state index in [1.54, 1.807) is 56.3 Å². The number of likely N-dealkylation sites (N-methyl/N-ethyl adjacent to an activating group) is 1. The highest BCUT2D eigenvalue weighted by Crippen LogP contribution is 2.50. The van der Waals surface area contributed by atoms with Crippen LogP contribution < -0.4 is 10.6 Å². The molecule has 11 nitrogen and oxygen atoms in total. The molecule has 2 aromatic carbocycles. The Morgan fingerprint density at radius 3 is 2.31 bits per heavy atom. The van der Waals surface area contributed by atoms with Gasteiger partial charge in [-0.3, -0.25) is 14.4 Å². The number of carboxylic acid groups (broad SMARTS) is 1. The van der Waals surface area contributed by atoms with Crippen molar-refractivity contribution in [1.82, 2.24) is 19.8 Å². The topological polar surface area (TPSA) is 153 Å². The van der Waals surface area contributed by atoms with Crippen molar-refractivity contribution >= 4 is 45.5 Å². The molecule has 2 aliphatic heterocycles. The largest absolute Gasteiger partial charge is 0.480 e. The van der Waals surface area contributed by atoms with Gasteiger partial charge in [0.05, 0.1) is 11.4 Å². The van der Waals surface area contributed by atoms with Crippen molar-refractivity contribution in [3.05, 3.63) is 65.7 Å². The van der Waals surface area contributed by atoms with Gasteiger partial charge in [-0.1, -0.05) is 48.0 Å². The van der Waals surface area contributed by atoms with Crippen LogP contribution in [0.3, 0.4) is 0 Å². The molecular formula is C26H30N4O7S2. The number of amides is 3. The summed E-state index contributed by atoms with van der Waals surface area (Å²) in [7, 11) is -2.69. The number of aryl methyl sites for hydroxylation is 1. The van der Waals surface area contributed by atoms with E-state index in [4.69, 9.17) is 0 Å². The van der Waals surface area contributed by atoms with E-state index in [-0.39, 0.29) is 4.90 Å². The molecule has 2 aliphatic rings. The van der Waals surface area contributed by atoms with Gasteiger partial charge < -0.3 is 20.6 Å². The zero-order valence-electron chi connectivity index (χ0n) is 21.8. The molecule has 4 atom stereocenters. The lowest BCUT2D eigenvalue weighted by Crippen LogP contribution is -2.71. The van der Waals surface area contributed by atoms with Crippen molar-refractivity contribution in [1.29, 1.82) is 0 Å². The van der Waals surface area contributed by atoms with E-state index >= 15 is 0 Å². The van der Waals surface area contributed by atoms with Gasteiger partial charge in [-0.05, 0) is 38.5 Å². The summed E-state index contributed by atoms with van der Waals surface area (Å²) in [4.78, 5) is 52.2. The van der Waals surface area contributed by atoms with Crippen molar-refractivity contribution in [3.8, 4) is 0 Å². The highest BCUT2D eigenvalue weighted by molar-refractivity contribution is 8.01. The van der Waals surface area contributed by atoms with Gasteiger partial charge in [-0.2, -0.15) is 4.31 Å². The highest BCUT2D eigenvalue weighted by atomic mass is 32.2. The molecule has 2 saturated heterocycles. The number of nitrogens with one attached hydrogen (secondary N) is 2. The van der Waals surface area contributed by atoms with Crippen molar-refractivity contribution < 1.29 is 32.7 Å². The number of nitrogens with zero attached hydrogens (tertiary/aromatic N) is 2. The minimum absolute atomic E-state index is 0.0328. The standard InChI is InChI=1S/C26H30N4O7S2/c1-15-10-12-17(13-11-15)39(36,37)29(4)14-18(31)27-19(16-8-6-5-7-9-16)22(32)28-20-23(33)30-21(25(34)35)26(2,3)38-24(20)30/h5-13,19-21,24H,14H2,1-4H3,(H,27,31)(H,28,32)(H,34,35)/t19?,20?,21-,24+/m0/s1. The minimum Gasteiger partial charge on any atom is -0.480 e. The second kappa shape index (κ2) is 10.6. The molecule has 2 aromatic rings. The Morgan fingerprint density at radius 2 is 1.72 bits per heavy atom. The van der Waals surface area contributed by atoms with Crippen LogP contribution in [0.4, 0.5) is 0 Å². The Hall–Kier alpha value is -3.42. The minimum atomic E-state index is -3.95. The van der Waals surface area contributed by atoms with Crippen LogP contribution in [0.2, 0.25) is 0 Å². The Labute approximate surface area is 231 Å². The van der Waals surface area contributed by atoms with Crippen LogP contribution in [-0.2, 0) is 29.2 Å². The van der Waals surface area contributed by atoms with Crippen LogP contribution in [0, 0.1) is 6.92 Å². The maximum absolute atomic E-state index is 13.4. The summed E-state index contributed by atoms with van der Waals surface area (Å²) in [6, 6.07) is 11.4. The number of rotatable bonds is 9. The lowest BCUT2D eigenvalue weighted by molar-refractivity contribution is -0.161. The number of aliphatic carboxylic acids is 1. The highest BCUT2D eigenvalue weighted by Gasteiger charge is 2.64. The predicted molar refractivity (Wildman–Crippen MR) is 144 cm³/mol. The number of hydrogen-bond acceptors (Lipinski definition) is 7. The Kier molecular flexibility index (Phi) is 7.79. The molecule has 2 fully saturated rings. The van der Waals surface area contributed by atoms with E-state index in [2.05, 4.69) is 10.6 Å². The smallest absolute Gasteiger partial charge is 0.327 e. The van der Waals surface area contributed by atoms with Gasteiger partial charge in [0.25, 0.3) is 0 Å². The first-order chi connectivity index (χ1) is 18.2. The van der Waals surface area contributed by atoms with E-state index in [0.717, 1.165) is 9.87 Å². The monoisotopic (exact) mass is 574 g/mol. The van der Waals surface area contributed by atoms with Crippen LogP contribution in [0.25, 0.3) is 0 Å². The van der Waals surface area contributed by atoms with Crippen molar-refractivity contribution in [3.63, 3.8) is 0 Å². The number of benzene rings is 2. The van der Waals surface area contributed by atoms with Crippen LogP contribution in [-0.4, -0.2) is 82.2 Å². The second-order valence-electron chi connectivity index (χ2n) is 10.1. The maximum Gasteiger partial charge on any atom is 0.327 e. The molecule has 39 heavy (non-hydrogen) atoms. The fourth-order valence-electron chi connectivity index (χ4n) is 4.71. The first-order valence-electron chi connectivity index (χ1n) is 12.1. The molecule has 0 saturated carbocycles. The Balaban J connectivity index is 1.48. The second-order valence-corrected chi connectivity index (χ2v) is 13.9. The molecule has 2 heterocycles. The van der Waals surface area contributed by atoms with Crippen LogP contribution in [0.1, 0.15) is 31.0 Å². The Bertz CT molecular complexity index is 1400. The zero-order valence-corrected chi connectivity index (χ0v) is 23.5. The molecule has 3 amide bonds. The normalized spacial score (nSPS) is 22.5. The van der Waals surface area contributed by atoms with Gasteiger partial charge in [-0.15, -0.1) is 11.8 Å². The van der Waals surface area contributed by atoms with Gasteiger partial charge in [0.15, 0.2) is 0 Å². The predicted octanol–water partition coefficient (Wildman–Crippen LogP) is 1.10. The molecule has 13 heteroatoms. The van der Waals surface area contributed by atoms with Crippen molar-refractivity contribution in [2.24, 2.45) is 0 Å². The summed E-state index contributed by atoms with van der Waals surface area (Å²) in [5.41, 5.74) is 1.32. The third kappa shape index (κ3) is 5.52. The van der Waals surface area contributed by atoms with Crippen LogP contribution >= 0.6 is 11.8 Å². The third-order valence-corrected chi connectivity index (χ3v) is 10.2. The fourth-order valence-corrected chi connectivity index (χ4v) is 7.46. The van der Waals surface area contributed by atoms with E-state index in [1.807, 2.05) is 6.92 Å². The number of carbonyl (C=O) groups excluding carboxylic acids is 3. The fraction of sp³-hybridized carbons (Fsp3) is 0.385. The molecular weight excluding hydrogens is 544 g/mol. The average molecular weight is 575 g/mol. The van der Waals surface area contributed by atoms with E-state index in [0.29, 0.717) is 5.56 Å². The van der Waals surface area contributed by atoms with Gasteiger partial charge in [0.2, 0.25) is 27.7 Å². The van der Waals surface area contributed by atoms with Crippen molar-refractivity contribution in [2.45, 2.75) is 53.9 Å². The number of carboxylic acids is 1. The number of β-lactam (4-membered cyclic amide) rings is 1. The maximum atomic E-state index is 13.4. The quantitative estimate of drug-likeness (QED) is 0.377. The van der Waals surface area contributed by atoms with Gasteiger partial charge in [0.1, 0.15) is 23.5 Å². The lowest BCUT2D eigenvalue weighted by atomic mass is 9.95. The van der Waals surface area contributed by atoms with E-state index in [9.17, 15) is 32.7 Å². The van der Waals surface area contributed by atoms with Crippen LogP contribution in [0.5, 0.6) is 0 Å². The molecule has 0 aromatic heterocycles. The number of sulfonamides is 1. The molecule has 0 radical (unpaired) electrons. The SMILES string of the molecule is Cc1ccc(S(=O)(=O)N(C)CC(=O)NC(C(=O)NC2C(=O)N3[C@@H]2SC(C)(C)[C@@H]3C(=O)O)c2ccccc2)cc1. The number of hydrogen-bond donors (Lipinski definition) is 3. The van der Waals surface area contributed by atoms with Crippen LogP contribution in [0.15, 0.2) is 59.5 Å². The summed E-state index contributed by atoms with van der Waals surface area (Å²) in [5, 5.41) is 14.3. The molecule has 0 aliphatic carbocycles. The van der Waals surface area contributed by atoms with Gasteiger partial charge >= 0.3 is 5.97 Å². The Morgan fingerprint density at radius 1 is 1.10 bits per heavy atom. The molecule has 3 N–H and O–H groups in total. The van der Waals surface area contributed by atoms with Gasteiger partial charge in [0, 0.05) is 11.8 Å². The number of thioether (sulfide) groups is 1. The zero-order chi connectivity index (χ0) is 28.7. The van der Waals surface area contributed by atoms with E-state index < -0.39 is 68.5 Å². The average Bonchev–Trinajstić information content (AvgIpc) is 3.14. The number of fused-ring (bicyclic) bond motifs is 1. The summed E-state index contributed by atoms with van der Waals surface area (Å²) in [5.74, 6) is -3.03. The summed E-state index contributed by atoms with van der Waals surface area (Å²) < 4.78 is 26.0. The molecule has 0 bridgehead atoms. The lowest BCUT2D eigenvalue weighted by Gasteiger charge is -2.44. The third-order valence-electron chi connectivity index (χ3n) is 6.77. The molecule has 2 unspecified atom stereocenters. The first kappa shape index (κ1) is 28.6. The van der Waals surface area contributed by atoms with Crippen molar-refractivity contribution in [2.75, 3.05) is 13.6 Å². The van der Waals surface area contributed by atoms with E-state index in [1.165, 1.54) is 35.8 Å².